The number of nitrogens with one attached hydrogen (secondary N) is 1. The average Bonchev–Trinajstić information content (AvgIpc) is 3.10. The van der Waals surface area contributed by atoms with Crippen molar-refractivity contribution in [3.05, 3.63) is 53.1 Å². The largest absolute Gasteiger partial charge is 0.383 e. The maximum Gasteiger partial charge on any atom is 0.170 e. The van der Waals surface area contributed by atoms with E-state index in [4.69, 9.17) is 17.0 Å². The van der Waals surface area contributed by atoms with Gasteiger partial charge >= 0.3 is 0 Å². The number of aromatic nitrogens is 2. The van der Waals surface area contributed by atoms with Gasteiger partial charge in [0.15, 0.2) is 5.11 Å². The van der Waals surface area contributed by atoms with Crippen molar-refractivity contribution < 1.29 is 4.74 Å². The second-order valence-corrected chi connectivity index (χ2v) is 7.49. The van der Waals surface area contributed by atoms with Crippen LogP contribution in [-0.2, 0) is 11.3 Å². The summed E-state index contributed by atoms with van der Waals surface area (Å²) in [4.78, 5) is 6.90. The van der Waals surface area contributed by atoms with Crippen LogP contribution in [0.1, 0.15) is 48.6 Å². The molecule has 1 aliphatic heterocycles. The summed E-state index contributed by atoms with van der Waals surface area (Å²) < 4.78 is 7.61. The molecule has 5 nitrogen and oxygen atoms in total. The number of methoxy groups -OCH3 is 1. The van der Waals surface area contributed by atoms with Gasteiger partial charge in [-0.05, 0) is 63.7 Å². The molecular weight excluding hydrogens is 344 g/mol. The first-order chi connectivity index (χ1) is 12.5. The summed E-state index contributed by atoms with van der Waals surface area (Å²) in [5.41, 5.74) is 4.83. The lowest BCUT2D eigenvalue weighted by Crippen LogP contribution is -2.35. The molecular formula is C20H28N4OS. The topological polar surface area (TPSA) is 42.3 Å². The number of pyridine rings is 1. The van der Waals surface area contributed by atoms with Gasteiger partial charge in [-0.1, -0.05) is 6.07 Å². The fraction of sp³-hybridized carbons (Fsp3) is 0.500. The van der Waals surface area contributed by atoms with Crippen LogP contribution in [0.4, 0.5) is 0 Å². The number of rotatable bonds is 6. The Hall–Kier alpha value is -1.92. The fourth-order valence-corrected chi connectivity index (χ4v) is 4.36. The van der Waals surface area contributed by atoms with Gasteiger partial charge in [-0.25, -0.2) is 0 Å². The molecule has 26 heavy (non-hydrogen) atoms. The molecule has 0 saturated carbocycles. The number of aryl methyl sites for hydroxylation is 1. The van der Waals surface area contributed by atoms with Gasteiger partial charge in [-0.3, -0.25) is 4.98 Å². The van der Waals surface area contributed by atoms with E-state index < -0.39 is 0 Å². The van der Waals surface area contributed by atoms with E-state index in [1.807, 2.05) is 18.3 Å². The van der Waals surface area contributed by atoms with Crippen molar-refractivity contribution in [3.8, 4) is 0 Å². The summed E-state index contributed by atoms with van der Waals surface area (Å²) in [6.07, 6.45) is 1.84. The Balaban J connectivity index is 2.07. The average molecular weight is 373 g/mol. The Morgan fingerprint density at radius 2 is 2.08 bits per heavy atom. The molecule has 140 valence electrons. The lowest BCUT2D eigenvalue weighted by Gasteiger charge is -2.31. The van der Waals surface area contributed by atoms with Gasteiger partial charge in [-0.2, -0.15) is 0 Å². The van der Waals surface area contributed by atoms with Crippen LogP contribution < -0.4 is 5.32 Å². The quantitative estimate of drug-likeness (QED) is 0.786. The lowest BCUT2D eigenvalue weighted by molar-refractivity contribution is 0.186. The highest BCUT2D eigenvalue weighted by Crippen LogP contribution is 2.41. The molecule has 0 aliphatic carbocycles. The molecule has 1 N–H and O–H groups in total. The van der Waals surface area contributed by atoms with E-state index in [1.165, 1.54) is 17.0 Å². The lowest BCUT2D eigenvalue weighted by atomic mass is 9.96. The predicted molar refractivity (Wildman–Crippen MR) is 108 cm³/mol. The standard InChI is InChI=1S/C20H28N4OS/c1-13(2)24-19(16-12-14(3)23(15(16)4)10-11-25-5)18(22-20(24)26)17-8-6-7-9-21-17/h6-9,12-13,18-19H,10-11H2,1-5H3,(H,22,26)/t18-,19-/m0/s1. The van der Waals surface area contributed by atoms with Gasteiger partial charge in [0.1, 0.15) is 0 Å². The monoisotopic (exact) mass is 372 g/mol. The van der Waals surface area contributed by atoms with Gasteiger partial charge in [0.05, 0.1) is 24.4 Å². The van der Waals surface area contributed by atoms with Crippen LogP contribution in [0.5, 0.6) is 0 Å². The Morgan fingerprint density at radius 3 is 2.69 bits per heavy atom. The van der Waals surface area contributed by atoms with Crippen molar-refractivity contribution in [2.75, 3.05) is 13.7 Å². The zero-order valence-corrected chi connectivity index (χ0v) is 17.0. The van der Waals surface area contributed by atoms with Crippen LogP contribution in [0.2, 0.25) is 0 Å². The molecule has 0 amide bonds. The molecule has 0 aromatic carbocycles. The molecule has 0 spiro atoms. The smallest absolute Gasteiger partial charge is 0.170 e. The molecule has 1 fully saturated rings. The van der Waals surface area contributed by atoms with E-state index in [-0.39, 0.29) is 12.1 Å². The van der Waals surface area contributed by atoms with Crippen molar-refractivity contribution in [1.82, 2.24) is 19.8 Å². The molecule has 0 radical (unpaired) electrons. The number of thiocarbonyl (C=S) groups is 1. The summed E-state index contributed by atoms with van der Waals surface area (Å²) in [6.45, 7) is 10.3. The van der Waals surface area contributed by atoms with Crippen LogP contribution in [-0.4, -0.2) is 39.3 Å². The fourth-order valence-electron chi connectivity index (χ4n) is 3.91. The Labute approximate surface area is 161 Å². The van der Waals surface area contributed by atoms with Crippen LogP contribution in [0, 0.1) is 13.8 Å². The summed E-state index contributed by atoms with van der Waals surface area (Å²) in [6, 6.07) is 8.81. The minimum atomic E-state index is 0.0440. The summed E-state index contributed by atoms with van der Waals surface area (Å²) in [5, 5.41) is 4.30. The first-order valence-corrected chi connectivity index (χ1v) is 9.51. The van der Waals surface area contributed by atoms with Crippen LogP contribution >= 0.6 is 12.2 Å². The third kappa shape index (κ3) is 3.35. The molecule has 2 aromatic heterocycles. The molecule has 0 bridgehead atoms. The highest BCUT2D eigenvalue weighted by atomic mass is 32.1. The van der Waals surface area contributed by atoms with Gasteiger partial charge in [0, 0.05) is 37.3 Å². The van der Waals surface area contributed by atoms with Crippen LogP contribution in [0.25, 0.3) is 0 Å². The van der Waals surface area contributed by atoms with Gasteiger partial charge in [-0.15, -0.1) is 0 Å². The molecule has 1 saturated heterocycles. The second kappa shape index (κ2) is 7.76. The van der Waals surface area contributed by atoms with Crippen molar-refractivity contribution in [3.63, 3.8) is 0 Å². The predicted octanol–water partition coefficient (Wildman–Crippen LogP) is 3.53. The van der Waals surface area contributed by atoms with Crippen LogP contribution in [0.15, 0.2) is 30.5 Å². The number of nitrogens with zero attached hydrogens (tertiary/aromatic N) is 3. The maximum absolute atomic E-state index is 5.68. The summed E-state index contributed by atoms with van der Waals surface area (Å²) >= 11 is 5.68. The first kappa shape index (κ1) is 18.9. The number of hydrogen-bond acceptors (Lipinski definition) is 3. The third-order valence-electron chi connectivity index (χ3n) is 5.14. The zero-order chi connectivity index (χ0) is 18.8. The second-order valence-electron chi connectivity index (χ2n) is 7.10. The molecule has 2 aromatic rings. The normalized spacial score (nSPS) is 20.1. The highest BCUT2D eigenvalue weighted by molar-refractivity contribution is 7.80. The number of ether oxygens (including phenoxy) is 1. The van der Waals surface area contributed by atoms with Crippen molar-refractivity contribution in [1.29, 1.82) is 0 Å². The van der Waals surface area contributed by atoms with Crippen LogP contribution in [0.3, 0.4) is 0 Å². The maximum atomic E-state index is 5.68. The van der Waals surface area contributed by atoms with Crippen molar-refractivity contribution in [2.45, 2.75) is 52.4 Å². The van der Waals surface area contributed by atoms with Gasteiger partial charge in [0.2, 0.25) is 0 Å². The molecule has 1 aliphatic rings. The molecule has 3 rings (SSSR count). The van der Waals surface area contributed by atoms with E-state index in [2.05, 4.69) is 59.6 Å². The first-order valence-electron chi connectivity index (χ1n) is 9.11. The van der Waals surface area contributed by atoms with Gasteiger partial charge < -0.3 is 19.5 Å². The summed E-state index contributed by atoms with van der Waals surface area (Å²) in [5.74, 6) is 0. The minimum absolute atomic E-state index is 0.0440. The molecule has 6 heteroatoms. The van der Waals surface area contributed by atoms with Crippen molar-refractivity contribution in [2.24, 2.45) is 0 Å². The van der Waals surface area contributed by atoms with E-state index >= 15 is 0 Å². The zero-order valence-electron chi connectivity index (χ0n) is 16.2. The SMILES string of the molecule is COCCn1c(C)cc([C@H]2[C@H](c3ccccn3)NC(=S)N2C(C)C)c1C. The van der Waals surface area contributed by atoms with E-state index in [0.717, 1.165) is 17.4 Å². The number of hydrogen-bond donors (Lipinski definition) is 1. The van der Waals surface area contributed by atoms with E-state index in [1.54, 1.807) is 7.11 Å². The van der Waals surface area contributed by atoms with Crippen molar-refractivity contribution >= 4 is 17.3 Å². The third-order valence-corrected chi connectivity index (χ3v) is 5.47. The Bertz CT molecular complexity index is 772. The van der Waals surface area contributed by atoms with E-state index in [9.17, 15) is 0 Å². The Morgan fingerprint density at radius 1 is 1.31 bits per heavy atom. The molecule has 3 heterocycles. The molecule has 2 atom stereocenters. The highest BCUT2D eigenvalue weighted by Gasteiger charge is 2.42. The van der Waals surface area contributed by atoms with E-state index in [0.29, 0.717) is 12.6 Å². The summed E-state index contributed by atoms with van der Waals surface area (Å²) in [7, 11) is 1.74. The molecule has 0 unspecified atom stereocenters. The van der Waals surface area contributed by atoms with Gasteiger partial charge in [0.25, 0.3) is 0 Å². The minimum Gasteiger partial charge on any atom is -0.383 e. The Kier molecular flexibility index (Phi) is 5.63.